The average Bonchev–Trinajstić information content (AvgIpc) is 2.58. The van der Waals surface area contributed by atoms with Crippen molar-refractivity contribution in [1.82, 2.24) is 20.6 Å². The minimum Gasteiger partial charge on any atom is -0.340 e. The second-order valence-electron chi connectivity index (χ2n) is 5.68. The number of carbonyl (C=O) groups is 3. The Morgan fingerprint density at radius 1 is 1.28 bits per heavy atom. The molecule has 3 amide bonds. The van der Waals surface area contributed by atoms with Gasteiger partial charge in [-0.15, -0.1) is 0 Å². The van der Waals surface area contributed by atoms with Gasteiger partial charge in [0.25, 0.3) is 5.91 Å². The first kappa shape index (κ1) is 17.0. The Labute approximate surface area is 148 Å². The Balaban J connectivity index is 1.76. The number of amides is 3. The number of halogens is 1. The molecule has 0 saturated carbocycles. The van der Waals surface area contributed by atoms with Gasteiger partial charge in [0.1, 0.15) is 6.04 Å². The van der Waals surface area contributed by atoms with E-state index in [9.17, 15) is 14.4 Å². The van der Waals surface area contributed by atoms with Crippen LogP contribution in [-0.4, -0.2) is 33.7 Å². The molecule has 0 aliphatic carbocycles. The second kappa shape index (κ2) is 6.98. The molecule has 0 bridgehead atoms. The summed E-state index contributed by atoms with van der Waals surface area (Å²) in [6.07, 6.45) is 1.90. The summed E-state index contributed by atoms with van der Waals surface area (Å²) < 4.78 is 0. The van der Waals surface area contributed by atoms with Crippen LogP contribution in [0.15, 0.2) is 30.5 Å². The van der Waals surface area contributed by atoms with E-state index in [1.807, 2.05) is 0 Å². The minimum atomic E-state index is -0.736. The third-order valence-corrected chi connectivity index (χ3v) is 4.12. The minimum absolute atomic E-state index is 0.196. The molecule has 1 fully saturated rings. The second-order valence-corrected chi connectivity index (χ2v) is 6.11. The van der Waals surface area contributed by atoms with Crippen LogP contribution in [0.4, 0.5) is 0 Å². The zero-order valence-electron chi connectivity index (χ0n) is 13.4. The molecular weight excluding hydrogens is 344 g/mol. The number of aromatic nitrogens is 2. The molecule has 128 valence electrons. The lowest BCUT2D eigenvalue weighted by atomic mass is 10.1. The molecule has 25 heavy (non-hydrogen) atoms. The number of benzene rings is 1. The van der Waals surface area contributed by atoms with Crippen molar-refractivity contribution >= 4 is 29.3 Å². The van der Waals surface area contributed by atoms with Gasteiger partial charge in [0.05, 0.1) is 11.3 Å². The summed E-state index contributed by atoms with van der Waals surface area (Å²) in [7, 11) is 0. The molecule has 8 heteroatoms. The number of nitrogens with zero attached hydrogens (tertiary/aromatic N) is 2. The van der Waals surface area contributed by atoms with Crippen LogP contribution < -0.4 is 10.6 Å². The first-order valence-corrected chi connectivity index (χ1v) is 8.06. The normalized spacial score (nSPS) is 17.1. The van der Waals surface area contributed by atoms with Gasteiger partial charge in [-0.1, -0.05) is 11.6 Å². The molecule has 0 spiro atoms. The van der Waals surface area contributed by atoms with Gasteiger partial charge in [0, 0.05) is 23.2 Å². The average molecular weight is 359 g/mol. The van der Waals surface area contributed by atoms with Crippen LogP contribution in [0.1, 0.15) is 28.9 Å². The standard InChI is InChI=1S/C17H15ClN4O3/c1-9-12(16(24)21-13-6-7-14(23)22-17(13)25)8-19-15(20-9)10-2-4-11(18)5-3-10/h2-5,8,13H,6-7H2,1H3,(H,21,24)(H,22,23,25). The van der Waals surface area contributed by atoms with Gasteiger partial charge in [0.2, 0.25) is 11.8 Å². The highest BCUT2D eigenvalue weighted by Gasteiger charge is 2.28. The van der Waals surface area contributed by atoms with Gasteiger partial charge >= 0.3 is 0 Å². The lowest BCUT2D eigenvalue weighted by Gasteiger charge is -2.22. The lowest BCUT2D eigenvalue weighted by Crippen LogP contribution is -2.52. The van der Waals surface area contributed by atoms with Gasteiger partial charge in [-0.2, -0.15) is 0 Å². The van der Waals surface area contributed by atoms with Gasteiger partial charge in [-0.3, -0.25) is 19.7 Å². The van der Waals surface area contributed by atoms with E-state index in [0.717, 1.165) is 5.56 Å². The van der Waals surface area contributed by atoms with E-state index in [1.54, 1.807) is 31.2 Å². The maximum atomic E-state index is 12.4. The molecule has 0 radical (unpaired) electrons. The molecule has 1 atom stereocenters. The van der Waals surface area contributed by atoms with E-state index >= 15 is 0 Å². The highest BCUT2D eigenvalue weighted by Crippen LogP contribution is 2.19. The Morgan fingerprint density at radius 2 is 2.00 bits per heavy atom. The molecule has 1 aliphatic rings. The molecule has 2 aromatic rings. The molecule has 7 nitrogen and oxygen atoms in total. The maximum absolute atomic E-state index is 12.4. The molecule has 1 unspecified atom stereocenters. The third kappa shape index (κ3) is 3.83. The molecular formula is C17H15ClN4O3. The highest BCUT2D eigenvalue weighted by atomic mass is 35.5. The number of imide groups is 1. The quantitative estimate of drug-likeness (QED) is 0.812. The van der Waals surface area contributed by atoms with Crippen LogP contribution in [0.25, 0.3) is 11.4 Å². The predicted octanol–water partition coefficient (Wildman–Crippen LogP) is 1.64. The zero-order chi connectivity index (χ0) is 18.0. The van der Waals surface area contributed by atoms with Crippen molar-refractivity contribution < 1.29 is 14.4 Å². The Morgan fingerprint density at radius 3 is 2.64 bits per heavy atom. The Bertz CT molecular complexity index is 851. The first-order valence-electron chi connectivity index (χ1n) is 7.68. The topological polar surface area (TPSA) is 101 Å². The number of carbonyl (C=O) groups excluding carboxylic acids is 3. The van der Waals surface area contributed by atoms with Crippen molar-refractivity contribution in [1.29, 1.82) is 0 Å². The van der Waals surface area contributed by atoms with Crippen molar-refractivity contribution in [2.24, 2.45) is 0 Å². The van der Waals surface area contributed by atoms with Crippen molar-refractivity contribution in [2.75, 3.05) is 0 Å². The van der Waals surface area contributed by atoms with E-state index in [1.165, 1.54) is 6.20 Å². The largest absolute Gasteiger partial charge is 0.340 e. The Kier molecular flexibility index (Phi) is 4.76. The van der Waals surface area contributed by atoms with Crippen LogP contribution in [0.3, 0.4) is 0 Å². The number of nitrogens with one attached hydrogen (secondary N) is 2. The van der Waals surface area contributed by atoms with Gasteiger partial charge in [0.15, 0.2) is 5.82 Å². The molecule has 1 aromatic carbocycles. The molecule has 1 aliphatic heterocycles. The number of rotatable bonds is 3. The fourth-order valence-corrected chi connectivity index (χ4v) is 2.62. The molecule has 1 saturated heterocycles. The lowest BCUT2D eigenvalue weighted by molar-refractivity contribution is -0.134. The summed E-state index contributed by atoms with van der Waals surface area (Å²) in [5.41, 5.74) is 1.55. The molecule has 2 N–H and O–H groups in total. The molecule has 1 aromatic heterocycles. The summed E-state index contributed by atoms with van der Waals surface area (Å²) in [6.45, 7) is 1.69. The number of aryl methyl sites for hydroxylation is 1. The fourth-order valence-electron chi connectivity index (χ4n) is 2.50. The van der Waals surface area contributed by atoms with Crippen molar-refractivity contribution in [3.05, 3.63) is 46.7 Å². The fraction of sp³-hybridized carbons (Fsp3) is 0.235. The summed E-state index contributed by atoms with van der Waals surface area (Å²) in [4.78, 5) is 43.8. The van der Waals surface area contributed by atoms with Gasteiger partial charge in [-0.05, 0) is 37.6 Å². The van der Waals surface area contributed by atoms with Crippen molar-refractivity contribution in [3.63, 3.8) is 0 Å². The number of piperidine rings is 1. The third-order valence-electron chi connectivity index (χ3n) is 3.87. The van der Waals surface area contributed by atoms with Crippen molar-refractivity contribution in [3.8, 4) is 11.4 Å². The SMILES string of the molecule is Cc1nc(-c2ccc(Cl)cc2)ncc1C(=O)NC1CCC(=O)NC1=O. The zero-order valence-corrected chi connectivity index (χ0v) is 14.1. The Hall–Kier alpha value is -2.80. The number of hydrogen-bond acceptors (Lipinski definition) is 5. The summed E-state index contributed by atoms with van der Waals surface area (Å²) in [6, 6.07) is 6.32. The summed E-state index contributed by atoms with van der Waals surface area (Å²) in [5.74, 6) is -0.801. The van der Waals surface area contributed by atoms with Crippen LogP contribution in [0.2, 0.25) is 5.02 Å². The molecule has 3 rings (SSSR count). The van der Waals surface area contributed by atoms with Crippen LogP contribution >= 0.6 is 11.6 Å². The van der Waals surface area contributed by atoms with Gasteiger partial charge in [-0.25, -0.2) is 9.97 Å². The van der Waals surface area contributed by atoms with Crippen LogP contribution in [0.5, 0.6) is 0 Å². The summed E-state index contributed by atoms with van der Waals surface area (Å²) >= 11 is 5.86. The number of hydrogen-bond donors (Lipinski definition) is 2. The van der Waals surface area contributed by atoms with Crippen LogP contribution in [-0.2, 0) is 9.59 Å². The highest BCUT2D eigenvalue weighted by molar-refractivity contribution is 6.30. The van der Waals surface area contributed by atoms with Gasteiger partial charge < -0.3 is 5.32 Å². The summed E-state index contributed by atoms with van der Waals surface area (Å²) in [5, 5.41) is 5.43. The van der Waals surface area contributed by atoms with E-state index in [2.05, 4.69) is 20.6 Å². The maximum Gasteiger partial charge on any atom is 0.255 e. The van der Waals surface area contributed by atoms with E-state index in [0.29, 0.717) is 16.5 Å². The smallest absolute Gasteiger partial charge is 0.255 e. The molecule has 2 heterocycles. The van der Waals surface area contributed by atoms with Crippen LogP contribution in [0, 0.1) is 6.92 Å². The predicted molar refractivity (Wildman–Crippen MR) is 90.9 cm³/mol. The van der Waals surface area contributed by atoms with E-state index < -0.39 is 17.9 Å². The van der Waals surface area contributed by atoms with Crippen molar-refractivity contribution in [2.45, 2.75) is 25.8 Å². The van der Waals surface area contributed by atoms with E-state index in [4.69, 9.17) is 11.6 Å². The monoisotopic (exact) mass is 358 g/mol. The first-order chi connectivity index (χ1) is 11.9. The van der Waals surface area contributed by atoms with E-state index in [-0.39, 0.29) is 24.3 Å².